The van der Waals surface area contributed by atoms with Gasteiger partial charge in [-0.05, 0) is 79.2 Å². The molecule has 182 valence electrons. The summed E-state index contributed by atoms with van der Waals surface area (Å²) in [6.45, 7) is 0. The topological polar surface area (TPSA) is 9.23 Å². The van der Waals surface area contributed by atoms with E-state index < -0.39 is 0 Å². The molecule has 0 saturated carbocycles. The van der Waals surface area contributed by atoms with Crippen molar-refractivity contribution in [2.45, 2.75) is 0 Å². The summed E-state index contributed by atoms with van der Waals surface area (Å²) < 4.78 is 6.64. The van der Waals surface area contributed by atoms with Gasteiger partial charge in [-0.15, -0.1) is 0 Å². The van der Waals surface area contributed by atoms with Crippen molar-refractivity contribution in [2.24, 2.45) is 0 Å². The third kappa shape index (κ3) is 3.55. The summed E-state index contributed by atoms with van der Waals surface area (Å²) in [6, 6.07) is 52.0. The van der Waals surface area contributed by atoms with E-state index in [2.05, 4.69) is 146 Å². The van der Waals surface area contributed by atoms with Crippen LogP contribution in [0.5, 0.6) is 11.5 Å². The van der Waals surface area contributed by atoms with Gasteiger partial charge in [0.25, 0.3) is 0 Å². The zero-order chi connectivity index (χ0) is 25.8. The number of benzene rings is 7. The first kappa shape index (κ1) is 21.9. The number of hydrogen-bond donors (Lipinski definition) is 0. The van der Waals surface area contributed by atoms with Gasteiger partial charge in [0.15, 0.2) is 0 Å². The summed E-state index contributed by atoms with van der Waals surface area (Å²) in [5, 5.41) is 5.00. The van der Waals surface area contributed by atoms with Crippen LogP contribution < -0.4 is 4.74 Å². The Morgan fingerprint density at radius 3 is 1.23 bits per heavy atom. The normalized spacial score (nSPS) is 11.8. The molecule has 0 unspecified atom stereocenters. The van der Waals surface area contributed by atoms with Crippen molar-refractivity contribution in [1.82, 2.24) is 0 Å². The van der Waals surface area contributed by atoms with Crippen molar-refractivity contribution in [3.63, 3.8) is 0 Å². The van der Waals surface area contributed by atoms with Crippen LogP contribution in [0.15, 0.2) is 146 Å². The summed E-state index contributed by atoms with van der Waals surface area (Å²) >= 11 is 0. The van der Waals surface area contributed by atoms with E-state index >= 15 is 0 Å². The largest absolute Gasteiger partial charge is 0.456 e. The second-order valence-corrected chi connectivity index (χ2v) is 10.1. The van der Waals surface area contributed by atoms with Crippen LogP contribution in [0.25, 0.3) is 66.1 Å². The van der Waals surface area contributed by atoms with Crippen LogP contribution in [-0.2, 0) is 0 Å². The lowest BCUT2D eigenvalue weighted by molar-refractivity contribution is 0.488. The third-order valence-electron chi connectivity index (χ3n) is 7.89. The van der Waals surface area contributed by atoms with Crippen LogP contribution in [0.3, 0.4) is 0 Å². The van der Waals surface area contributed by atoms with E-state index in [1.165, 1.54) is 54.9 Å². The molecule has 0 aromatic heterocycles. The van der Waals surface area contributed by atoms with E-state index in [0.29, 0.717) is 0 Å². The van der Waals surface area contributed by atoms with Gasteiger partial charge in [-0.3, -0.25) is 0 Å². The molecule has 7 aromatic carbocycles. The van der Waals surface area contributed by atoms with Crippen LogP contribution in [0.2, 0.25) is 0 Å². The summed E-state index contributed by atoms with van der Waals surface area (Å²) in [6.07, 6.45) is 0. The van der Waals surface area contributed by atoms with Crippen LogP contribution in [0, 0.1) is 0 Å². The molecule has 1 heteroatoms. The van der Waals surface area contributed by atoms with Gasteiger partial charge in [0.05, 0.1) is 0 Å². The number of rotatable bonds is 2. The van der Waals surface area contributed by atoms with Crippen LogP contribution >= 0.6 is 0 Å². The molecular weight excluding hydrogens is 472 g/mol. The number of fused-ring (bicyclic) bond motifs is 7. The van der Waals surface area contributed by atoms with Gasteiger partial charge < -0.3 is 4.74 Å². The predicted octanol–water partition coefficient (Wildman–Crippen LogP) is 10.8. The molecule has 1 nitrogen and oxygen atoms in total. The average Bonchev–Trinajstić information content (AvgIpc) is 3.14. The zero-order valence-electron chi connectivity index (χ0n) is 21.3. The summed E-state index contributed by atoms with van der Waals surface area (Å²) in [5.41, 5.74) is 9.42. The van der Waals surface area contributed by atoms with Crippen LogP contribution in [0.1, 0.15) is 0 Å². The Kier molecular flexibility index (Phi) is 4.89. The van der Waals surface area contributed by atoms with Crippen LogP contribution in [0.4, 0.5) is 0 Å². The Bertz CT molecular complexity index is 1890. The molecule has 1 heterocycles. The van der Waals surface area contributed by atoms with E-state index in [1.54, 1.807) is 0 Å². The van der Waals surface area contributed by atoms with Crippen molar-refractivity contribution in [3.05, 3.63) is 146 Å². The van der Waals surface area contributed by atoms with E-state index in [1.807, 2.05) is 0 Å². The molecule has 1 aliphatic rings. The maximum atomic E-state index is 6.64. The van der Waals surface area contributed by atoms with Gasteiger partial charge in [0, 0.05) is 11.1 Å². The molecule has 1 aliphatic heterocycles. The lowest BCUT2D eigenvalue weighted by Gasteiger charge is -2.13. The minimum atomic E-state index is 0.878. The molecule has 0 saturated heterocycles. The van der Waals surface area contributed by atoms with Crippen molar-refractivity contribution < 1.29 is 4.74 Å². The van der Waals surface area contributed by atoms with E-state index in [4.69, 9.17) is 4.74 Å². The molecule has 0 radical (unpaired) electrons. The highest BCUT2D eigenvalue weighted by atomic mass is 16.5. The van der Waals surface area contributed by atoms with E-state index in [-0.39, 0.29) is 0 Å². The fourth-order valence-electron chi connectivity index (χ4n) is 6.02. The van der Waals surface area contributed by atoms with Gasteiger partial charge in [-0.2, -0.15) is 0 Å². The molecule has 0 fully saturated rings. The van der Waals surface area contributed by atoms with Crippen molar-refractivity contribution in [2.75, 3.05) is 0 Å². The highest BCUT2D eigenvalue weighted by Crippen LogP contribution is 2.49. The fraction of sp³-hybridized carbons (Fsp3) is 0. The Balaban J connectivity index is 1.32. The highest BCUT2D eigenvalue weighted by Gasteiger charge is 2.22. The Morgan fingerprint density at radius 2 is 0.718 bits per heavy atom. The fourth-order valence-corrected chi connectivity index (χ4v) is 6.02. The van der Waals surface area contributed by atoms with Crippen molar-refractivity contribution in [3.8, 4) is 56.0 Å². The first-order chi connectivity index (χ1) is 19.3. The molecule has 0 N–H and O–H groups in total. The third-order valence-corrected chi connectivity index (χ3v) is 7.89. The molecule has 8 rings (SSSR count). The Morgan fingerprint density at radius 1 is 0.308 bits per heavy atom. The lowest BCUT2D eigenvalue weighted by atomic mass is 9.90. The average molecular weight is 497 g/mol. The summed E-state index contributed by atoms with van der Waals surface area (Å²) in [7, 11) is 0. The predicted molar refractivity (Wildman–Crippen MR) is 163 cm³/mol. The lowest BCUT2D eigenvalue weighted by Crippen LogP contribution is -1.89. The van der Waals surface area contributed by atoms with E-state index in [9.17, 15) is 0 Å². The van der Waals surface area contributed by atoms with Crippen molar-refractivity contribution >= 4 is 21.5 Å². The highest BCUT2D eigenvalue weighted by molar-refractivity contribution is 6.01. The zero-order valence-corrected chi connectivity index (χ0v) is 21.3. The van der Waals surface area contributed by atoms with Gasteiger partial charge in [-0.1, -0.05) is 121 Å². The smallest absolute Gasteiger partial charge is 0.135 e. The molecular formula is C38H24O. The summed E-state index contributed by atoms with van der Waals surface area (Å²) in [4.78, 5) is 0. The Hall–Kier alpha value is -5.14. The van der Waals surface area contributed by atoms with Gasteiger partial charge in [-0.25, -0.2) is 0 Å². The Labute approximate surface area is 227 Å². The number of ether oxygens (including phenoxy) is 1. The first-order valence-electron chi connectivity index (χ1n) is 13.4. The van der Waals surface area contributed by atoms with Gasteiger partial charge in [0.2, 0.25) is 0 Å². The SMILES string of the molecule is c1ccc2c(c1)-c1cc(-c3cccc4ccccc34)ccc1Oc1ccc(-c3cccc4ccccc34)cc1-2. The first-order valence-corrected chi connectivity index (χ1v) is 13.4. The molecule has 0 bridgehead atoms. The molecule has 0 aliphatic carbocycles. The number of hydrogen-bond acceptors (Lipinski definition) is 1. The minimum Gasteiger partial charge on any atom is -0.456 e. The quantitative estimate of drug-likeness (QED) is 0.231. The maximum Gasteiger partial charge on any atom is 0.135 e. The van der Waals surface area contributed by atoms with Crippen LogP contribution in [-0.4, -0.2) is 0 Å². The molecule has 0 amide bonds. The van der Waals surface area contributed by atoms with E-state index in [0.717, 1.165) is 22.6 Å². The van der Waals surface area contributed by atoms with Gasteiger partial charge >= 0.3 is 0 Å². The second-order valence-electron chi connectivity index (χ2n) is 10.1. The van der Waals surface area contributed by atoms with Crippen molar-refractivity contribution in [1.29, 1.82) is 0 Å². The second kappa shape index (κ2) is 8.72. The molecule has 39 heavy (non-hydrogen) atoms. The maximum absolute atomic E-state index is 6.64. The monoisotopic (exact) mass is 496 g/mol. The standard InChI is InChI=1S/C38H24O/c1-3-13-29-25(9-1)11-7-17-31(29)27-19-21-37-35(23-27)33-15-5-6-16-34(33)36-24-28(20-22-38(36)39-37)32-18-8-12-26-10-2-4-14-30(26)32/h1-24H. The molecule has 0 atom stereocenters. The molecule has 0 spiro atoms. The summed E-state index contributed by atoms with van der Waals surface area (Å²) in [5.74, 6) is 1.76. The van der Waals surface area contributed by atoms with Gasteiger partial charge in [0.1, 0.15) is 11.5 Å². The minimum absolute atomic E-state index is 0.878. The molecule has 7 aromatic rings.